The normalized spacial score (nSPS) is 13.1. The summed E-state index contributed by atoms with van der Waals surface area (Å²) in [5, 5.41) is 1.98. The van der Waals surface area contributed by atoms with Crippen LogP contribution >= 0.6 is 0 Å². The molecule has 29 heavy (non-hydrogen) atoms. The molecule has 6 nitrogen and oxygen atoms in total. The highest BCUT2D eigenvalue weighted by molar-refractivity contribution is 7.91. The third kappa shape index (κ3) is 4.74. The molecule has 0 aliphatic carbocycles. The van der Waals surface area contributed by atoms with Gasteiger partial charge in [-0.25, -0.2) is 13.2 Å². The first-order valence-electron chi connectivity index (χ1n) is 9.22. The van der Waals surface area contributed by atoms with Gasteiger partial charge in [0, 0.05) is 17.1 Å². The van der Waals surface area contributed by atoms with E-state index in [1.807, 2.05) is 19.1 Å². The van der Waals surface area contributed by atoms with Gasteiger partial charge < -0.3 is 10.1 Å². The molecule has 1 aromatic heterocycles. The van der Waals surface area contributed by atoms with Gasteiger partial charge in [-0.3, -0.25) is 4.98 Å². The maximum absolute atomic E-state index is 13.5. The molecule has 3 aromatic rings. The summed E-state index contributed by atoms with van der Waals surface area (Å²) in [6.07, 6.45) is 0.778. The summed E-state index contributed by atoms with van der Waals surface area (Å²) in [6.45, 7) is 7.03. The number of amides is 1. The number of ether oxygens (including phenoxy) is 1. The minimum Gasteiger partial charge on any atom is -0.444 e. The van der Waals surface area contributed by atoms with Crippen molar-refractivity contribution in [1.29, 1.82) is 0 Å². The van der Waals surface area contributed by atoms with Crippen LogP contribution in [0.4, 0.5) is 4.79 Å². The number of hydrogen-bond donors (Lipinski definition) is 1. The minimum absolute atomic E-state index is 0.108. The largest absolute Gasteiger partial charge is 0.444 e. The molecule has 0 aliphatic rings. The highest BCUT2D eigenvalue weighted by Gasteiger charge is 2.33. The number of carbonyl (C=O) groups is 1. The molecule has 3 rings (SSSR count). The Morgan fingerprint density at radius 2 is 1.69 bits per heavy atom. The zero-order chi connectivity index (χ0) is 21.2. The average molecular weight is 413 g/mol. The van der Waals surface area contributed by atoms with E-state index in [1.54, 1.807) is 57.3 Å². The van der Waals surface area contributed by atoms with Crippen LogP contribution in [0.2, 0.25) is 0 Å². The molecule has 2 aromatic carbocycles. The number of aromatic nitrogens is 1. The number of carbonyl (C=O) groups excluding carboxylic acids is 1. The van der Waals surface area contributed by atoms with Crippen LogP contribution in [0.5, 0.6) is 0 Å². The molecule has 1 atom stereocenters. The van der Waals surface area contributed by atoms with Gasteiger partial charge in [0.25, 0.3) is 0 Å². The van der Waals surface area contributed by atoms with Crippen molar-refractivity contribution >= 4 is 26.8 Å². The van der Waals surface area contributed by atoms with Gasteiger partial charge in [-0.05, 0) is 45.9 Å². The van der Waals surface area contributed by atoms with E-state index in [-0.39, 0.29) is 4.90 Å². The van der Waals surface area contributed by atoms with Crippen molar-refractivity contribution in [2.75, 3.05) is 0 Å². The van der Waals surface area contributed by atoms with Crippen LogP contribution < -0.4 is 5.32 Å². The molecule has 0 fully saturated rings. The fourth-order valence-electron chi connectivity index (χ4n) is 2.94. The summed E-state index contributed by atoms with van der Waals surface area (Å²) in [4.78, 5) is 16.9. The highest BCUT2D eigenvalue weighted by Crippen LogP contribution is 2.31. The molecule has 1 heterocycles. The molecule has 0 saturated heterocycles. The standard InChI is InChI=1S/C22H24N2O4S/c1-15-10-12-17(13-11-15)29(26,27)20(24-21(25)28-22(2,3)4)18-9-5-7-16-8-6-14-23-19(16)18/h5-14,20H,1-4H3,(H,24,25). The van der Waals surface area contributed by atoms with Crippen LogP contribution in [0.25, 0.3) is 10.9 Å². The Kier molecular flexibility index (Phi) is 5.61. The van der Waals surface area contributed by atoms with Crippen molar-refractivity contribution < 1.29 is 17.9 Å². The van der Waals surface area contributed by atoms with Gasteiger partial charge in [0.2, 0.25) is 9.84 Å². The number of hydrogen-bond acceptors (Lipinski definition) is 5. The van der Waals surface area contributed by atoms with Gasteiger partial charge >= 0.3 is 6.09 Å². The first-order chi connectivity index (χ1) is 13.6. The lowest BCUT2D eigenvalue weighted by Crippen LogP contribution is -2.38. The number of fused-ring (bicyclic) bond motifs is 1. The third-order valence-electron chi connectivity index (χ3n) is 4.25. The number of nitrogens with zero attached hydrogens (tertiary/aromatic N) is 1. The third-order valence-corrected chi connectivity index (χ3v) is 6.18. The monoisotopic (exact) mass is 412 g/mol. The van der Waals surface area contributed by atoms with Crippen molar-refractivity contribution in [3.63, 3.8) is 0 Å². The van der Waals surface area contributed by atoms with Gasteiger partial charge in [-0.2, -0.15) is 0 Å². The number of nitrogens with one attached hydrogen (secondary N) is 1. The molecule has 0 spiro atoms. The minimum atomic E-state index is -3.96. The van der Waals surface area contributed by atoms with Gasteiger partial charge in [-0.1, -0.05) is 42.0 Å². The second-order valence-corrected chi connectivity index (χ2v) is 9.84. The molecule has 0 bridgehead atoms. The van der Waals surface area contributed by atoms with Crippen molar-refractivity contribution in [2.24, 2.45) is 0 Å². The molecule has 1 N–H and O–H groups in total. The van der Waals surface area contributed by atoms with E-state index in [1.165, 1.54) is 12.1 Å². The summed E-state index contributed by atoms with van der Waals surface area (Å²) in [6, 6.07) is 15.4. The SMILES string of the molecule is Cc1ccc(S(=O)(=O)C(NC(=O)OC(C)(C)C)c2cccc3cccnc23)cc1. The quantitative estimate of drug-likeness (QED) is 0.680. The number of para-hydroxylation sites is 1. The topological polar surface area (TPSA) is 85.4 Å². The predicted octanol–water partition coefficient (Wildman–Crippen LogP) is 4.54. The fraction of sp³-hybridized carbons (Fsp3) is 0.273. The fourth-order valence-corrected chi connectivity index (χ4v) is 4.50. The van der Waals surface area contributed by atoms with Crippen LogP contribution in [-0.4, -0.2) is 25.1 Å². The Balaban J connectivity index is 2.13. The van der Waals surface area contributed by atoms with E-state index < -0.39 is 26.9 Å². The second kappa shape index (κ2) is 7.83. The van der Waals surface area contributed by atoms with Gasteiger partial charge in [0.1, 0.15) is 5.60 Å². The maximum Gasteiger partial charge on any atom is 0.408 e. The first-order valence-corrected chi connectivity index (χ1v) is 10.8. The molecule has 0 radical (unpaired) electrons. The number of benzene rings is 2. The highest BCUT2D eigenvalue weighted by atomic mass is 32.2. The van der Waals surface area contributed by atoms with Crippen LogP contribution in [0, 0.1) is 6.92 Å². The van der Waals surface area contributed by atoms with E-state index in [0.29, 0.717) is 11.1 Å². The maximum atomic E-state index is 13.5. The number of aryl methyl sites for hydroxylation is 1. The molecular formula is C22H24N2O4S. The van der Waals surface area contributed by atoms with Gasteiger partial charge in [0.15, 0.2) is 5.37 Å². The van der Waals surface area contributed by atoms with Crippen LogP contribution in [0.1, 0.15) is 37.3 Å². The Morgan fingerprint density at radius 1 is 1.03 bits per heavy atom. The Bertz CT molecular complexity index is 1130. The molecule has 1 amide bonds. The molecular weight excluding hydrogens is 388 g/mol. The lowest BCUT2D eigenvalue weighted by atomic mass is 10.1. The van der Waals surface area contributed by atoms with E-state index >= 15 is 0 Å². The van der Waals surface area contributed by atoms with Crippen molar-refractivity contribution in [1.82, 2.24) is 10.3 Å². The van der Waals surface area contributed by atoms with E-state index in [2.05, 4.69) is 10.3 Å². The van der Waals surface area contributed by atoms with E-state index in [0.717, 1.165) is 10.9 Å². The zero-order valence-corrected chi connectivity index (χ0v) is 17.7. The van der Waals surface area contributed by atoms with Crippen LogP contribution in [0.15, 0.2) is 65.7 Å². The number of rotatable bonds is 4. The Hall–Kier alpha value is -2.93. The molecule has 0 aliphatic heterocycles. The van der Waals surface area contributed by atoms with Crippen molar-refractivity contribution in [2.45, 2.75) is 43.6 Å². The van der Waals surface area contributed by atoms with Gasteiger partial charge in [0.05, 0.1) is 10.4 Å². The summed E-state index contributed by atoms with van der Waals surface area (Å²) in [7, 11) is -3.96. The molecule has 152 valence electrons. The first kappa shape index (κ1) is 20.8. The van der Waals surface area contributed by atoms with Crippen molar-refractivity contribution in [3.8, 4) is 0 Å². The second-order valence-electron chi connectivity index (χ2n) is 7.81. The van der Waals surface area contributed by atoms with E-state index in [4.69, 9.17) is 4.74 Å². The summed E-state index contributed by atoms with van der Waals surface area (Å²) in [5.41, 5.74) is 1.06. The summed E-state index contributed by atoms with van der Waals surface area (Å²) < 4.78 is 32.3. The smallest absolute Gasteiger partial charge is 0.408 e. The Labute approximate surface area is 170 Å². The van der Waals surface area contributed by atoms with Crippen LogP contribution in [0.3, 0.4) is 0 Å². The van der Waals surface area contributed by atoms with Crippen LogP contribution in [-0.2, 0) is 14.6 Å². The Morgan fingerprint density at radius 3 is 2.34 bits per heavy atom. The average Bonchev–Trinajstić information content (AvgIpc) is 2.64. The number of pyridine rings is 1. The molecule has 1 unspecified atom stereocenters. The van der Waals surface area contributed by atoms with Crippen molar-refractivity contribution in [3.05, 3.63) is 71.9 Å². The van der Waals surface area contributed by atoms with Gasteiger partial charge in [-0.15, -0.1) is 0 Å². The predicted molar refractivity (Wildman–Crippen MR) is 112 cm³/mol. The summed E-state index contributed by atoms with van der Waals surface area (Å²) >= 11 is 0. The molecule has 0 saturated carbocycles. The molecule has 7 heteroatoms. The zero-order valence-electron chi connectivity index (χ0n) is 16.8. The number of sulfone groups is 1. The summed E-state index contributed by atoms with van der Waals surface area (Å²) in [5.74, 6) is 0. The van der Waals surface area contributed by atoms with E-state index in [9.17, 15) is 13.2 Å². The number of alkyl carbamates (subject to hydrolysis) is 1. The lowest BCUT2D eigenvalue weighted by molar-refractivity contribution is 0.0519. The lowest BCUT2D eigenvalue weighted by Gasteiger charge is -2.24.